The van der Waals surface area contributed by atoms with E-state index < -0.39 is 5.79 Å². The van der Waals surface area contributed by atoms with Gasteiger partial charge in [0.05, 0.1) is 5.92 Å². The fraction of sp³-hybridized carbons (Fsp3) is 0.889. The van der Waals surface area contributed by atoms with Crippen LogP contribution < -0.4 is 0 Å². The van der Waals surface area contributed by atoms with Gasteiger partial charge in [-0.2, -0.15) is 0 Å². The van der Waals surface area contributed by atoms with Crippen molar-refractivity contribution in [2.45, 2.75) is 38.8 Å². The lowest BCUT2D eigenvalue weighted by atomic mass is 9.98. The SMILES string of the molecule is C[C@H]1C(=O)OC[C@@H]2OC(C)(C)O[C@@H]21. The van der Waals surface area contributed by atoms with E-state index in [0.717, 1.165) is 0 Å². The minimum Gasteiger partial charge on any atom is -0.463 e. The van der Waals surface area contributed by atoms with Gasteiger partial charge >= 0.3 is 5.97 Å². The number of carbonyl (C=O) groups is 1. The van der Waals surface area contributed by atoms with E-state index in [1.165, 1.54) is 0 Å². The van der Waals surface area contributed by atoms with Gasteiger partial charge in [0.1, 0.15) is 18.8 Å². The summed E-state index contributed by atoms with van der Waals surface area (Å²) < 4.78 is 16.1. The molecule has 0 aromatic rings. The number of carbonyl (C=O) groups excluding carboxylic acids is 1. The van der Waals surface area contributed by atoms with Gasteiger partial charge < -0.3 is 14.2 Å². The number of hydrogen-bond donors (Lipinski definition) is 0. The minimum atomic E-state index is -0.586. The lowest BCUT2D eigenvalue weighted by Crippen LogP contribution is -2.43. The van der Waals surface area contributed by atoms with Crippen molar-refractivity contribution in [2.24, 2.45) is 5.92 Å². The fourth-order valence-electron chi connectivity index (χ4n) is 1.85. The van der Waals surface area contributed by atoms with Gasteiger partial charge in [-0.3, -0.25) is 4.79 Å². The fourth-order valence-corrected chi connectivity index (χ4v) is 1.85. The molecule has 2 aliphatic rings. The molecule has 74 valence electrons. The smallest absolute Gasteiger partial charge is 0.311 e. The van der Waals surface area contributed by atoms with Crippen molar-refractivity contribution in [3.8, 4) is 0 Å². The Balaban J connectivity index is 2.15. The molecule has 0 bridgehead atoms. The molecular formula is C9H14O4. The number of esters is 1. The van der Waals surface area contributed by atoms with Crippen molar-refractivity contribution in [2.75, 3.05) is 6.61 Å². The lowest BCUT2D eigenvalue weighted by molar-refractivity contribution is -0.162. The van der Waals surface area contributed by atoms with E-state index in [9.17, 15) is 4.79 Å². The molecule has 0 unspecified atom stereocenters. The van der Waals surface area contributed by atoms with Crippen LogP contribution in [0.3, 0.4) is 0 Å². The second kappa shape index (κ2) is 2.69. The number of fused-ring (bicyclic) bond motifs is 1. The van der Waals surface area contributed by atoms with Crippen molar-refractivity contribution in [3.05, 3.63) is 0 Å². The maximum absolute atomic E-state index is 11.2. The zero-order valence-corrected chi connectivity index (χ0v) is 8.07. The Labute approximate surface area is 77.1 Å². The Morgan fingerprint density at radius 1 is 1.38 bits per heavy atom. The van der Waals surface area contributed by atoms with E-state index in [1.54, 1.807) is 0 Å². The molecule has 0 aromatic carbocycles. The third kappa shape index (κ3) is 1.44. The minimum absolute atomic E-state index is 0.0947. The summed E-state index contributed by atoms with van der Waals surface area (Å²) in [7, 11) is 0. The van der Waals surface area contributed by atoms with Crippen molar-refractivity contribution in [1.82, 2.24) is 0 Å². The van der Waals surface area contributed by atoms with Crippen molar-refractivity contribution >= 4 is 5.97 Å². The maximum atomic E-state index is 11.2. The van der Waals surface area contributed by atoms with Crippen LogP contribution in [0.25, 0.3) is 0 Å². The van der Waals surface area contributed by atoms with Crippen LogP contribution in [0.5, 0.6) is 0 Å². The largest absolute Gasteiger partial charge is 0.463 e. The predicted molar refractivity (Wildman–Crippen MR) is 43.9 cm³/mol. The van der Waals surface area contributed by atoms with Gasteiger partial charge in [-0.1, -0.05) is 0 Å². The number of cyclic esters (lactones) is 1. The molecule has 13 heavy (non-hydrogen) atoms. The highest BCUT2D eigenvalue weighted by molar-refractivity contribution is 5.73. The van der Waals surface area contributed by atoms with Crippen LogP contribution in [0.4, 0.5) is 0 Å². The standard InChI is InChI=1S/C9H14O4/c1-5-7-6(4-11-8(5)10)12-9(2,3)13-7/h5-7H,4H2,1-3H3/t5-,6+,7-/m1/s1. The first-order chi connectivity index (χ1) is 5.99. The van der Waals surface area contributed by atoms with E-state index >= 15 is 0 Å². The van der Waals surface area contributed by atoms with Crippen LogP contribution in [0.2, 0.25) is 0 Å². The summed E-state index contributed by atoms with van der Waals surface area (Å²) in [6.45, 7) is 5.83. The first kappa shape index (κ1) is 8.97. The van der Waals surface area contributed by atoms with Crippen LogP contribution in [0, 0.1) is 5.92 Å². The van der Waals surface area contributed by atoms with Gasteiger partial charge in [-0.25, -0.2) is 0 Å². The van der Waals surface area contributed by atoms with Crippen molar-refractivity contribution in [3.63, 3.8) is 0 Å². The van der Waals surface area contributed by atoms with Crippen LogP contribution in [0.1, 0.15) is 20.8 Å². The molecule has 2 aliphatic heterocycles. The first-order valence-corrected chi connectivity index (χ1v) is 4.52. The topological polar surface area (TPSA) is 44.8 Å². The summed E-state index contributed by atoms with van der Waals surface area (Å²) in [6.07, 6.45) is -0.237. The van der Waals surface area contributed by atoms with Gasteiger partial charge in [0, 0.05) is 0 Å². The average molecular weight is 186 g/mol. The van der Waals surface area contributed by atoms with Crippen LogP contribution >= 0.6 is 0 Å². The highest BCUT2D eigenvalue weighted by atomic mass is 16.8. The summed E-state index contributed by atoms with van der Waals surface area (Å²) in [5.41, 5.74) is 0. The summed E-state index contributed by atoms with van der Waals surface area (Å²) in [5.74, 6) is -1.000. The molecular weight excluding hydrogens is 172 g/mol. The Bertz CT molecular complexity index is 236. The molecule has 0 N–H and O–H groups in total. The molecule has 0 spiro atoms. The Hall–Kier alpha value is -0.610. The van der Waals surface area contributed by atoms with E-state index in [1.807, 2.05) is 20.8 Å². The Morgan fingerprint density at radius 3 is 2.77 bits per heavy atom. The molecule has 2 heterocycles. The van der Waals surface area contributed by atoms with Gasteiger partial charge in [-0.15, -0.1) is 0 Å². The highest BCUT2D eigenvalue weighted by Crippen LogP contribution is 2.35. The molecule has 3 atom stereocenters. The second-order valence-electron chi connectivity index (χ2n) is 4.06. The molecule has 0 radical (unpaired) electrons. The normalized spacial score (nSPS) is 42.7. The number of rotatable bonds is 0. The quantitative estimate of drug-likeness (QED) is 0.522. The summed E-state index contributed by atoms with van der Waals surface area (Å²) in [4.78, 5) is 11.2. The zero-order chi connectivity index (χ0) is 9.64. The average Bonchev–Trinajstić information content (AvgIpc) is 2.34. The van der Waals surface area contributed by atoms with E-state index in [2.05, 4.69) is 0 Å². The Kier molecular flexibility index (Phi) is 1.85. The van der Waals surface area contributed by atoms with Gasteiger partial charge in [0.15, 0.2) is 5.79 Å². The molecule has 4 heteroatoms. The number of ether oxygens (including phenoxy) is 3. The van der Waals surface area contributed by atoms with Gasteiger partial charge in [0.2, 0.25) is 0 Å². The van der Waals surface area contributed by atoms with Crippen molar-refractivity contribution < 1.29 is 19.0 Å². The van der Waals surface area contributed by atoms with Gasteiger partial charge in [-0.05, 0) is 20.8 Å². The third-order valence-corrected chi connectivity index (χ3v) is 2.48. The third-order valence-electron chi connectivity index (χ3n) is 2.48. The molecule has 0 amide bonds. The summed E-state index contributed by atoms with van der Waals surface area (Å²) >= 11 is 0. The summed E-state index contributed by atoms with van der Waals surface area (Å²) in [5, 5.41) is 0. The molecule has 2 fully saturated rings. The monoisotopic (exact) mass is 186 g/mol. The molecule has 0 saturated carbocycles. The first-order valence-electron chi connectivity index (χ1n) is 4.52. The van der Waals surface area contributed by atoms with Gasteiger partial charge in [0.25, 0.3) is 0 Å². The number of hydrogen-bond acceptors (Lipinski definition) is 4. The summed E-state index contributed by atoms with van der Waals surface area (Å²) in [6, 6.07) is 0. The second-order valence-corrected chi connectivity index (χ2v) is 4.06. The molecule has 0 aromatic heterocycles. The van der Waals surface area contributed by atoms with E-state index in [4.69, 9.17) is 14.2 Å². The zero-order valence-electron chi connectivity index (χ0n) is 8.07. The Morgan fingerprint density at radius 2 is 2.08 bits per heavy atom. The predicted octanol–water partition coefficient (Wildman–Crippen LogP) is 0.699. The van der Waals surface area contributed by atoms with Crippen LogP contribution in [-0.2, 0) is 19.0 Å². The van der Waals surface area contributed by atoms with Crippen molar-refractivity contribution in [1.29, 1.82) is 0 Å². The molecule has 0 aliphatic carbocycles. The molecule has 2 rings (SSSR count). The van der Waals surface area contributed by atoms with Crippen LogP contribution in [0.15, 0.2) is 0 Å². The molecule has 2 saturated heterocycles. The molecule has 4 nitrogen and oxygen atoms in total. The highest BCUT2D eigenvalue weighted by Gasteiger charge is 2.49. The van der Waals surface area contributed by atoms with E-state index in [-0.39, 0.29) is 24.1 Å². The lowest BCUT2D eigenvalue weighted by Gasteiger charge is -2.27. The maximum Gasteiger partial charge on any atom is 0.311 e. The van der Waals surface area contributed by atoms with E-state index in [0.29, 0.717) is 6.61 Å². The van der Waals surface area contributed by atoms with Crippen LogP contribution in [-0.4, -0.2) is 30.6 Å².